The standard InChI is InChI=1S/C54H85N13O16/c1-9-29(6)39(48(76)65-40(30(7)69)47(75)59-24-37(71)63-41(31(8)70)49(77)62-36(25-68)52(80)81)64-45(73)34(21-16-22-58-53(56)57)60-46(74)35(23-27(2)3)61-51(79)43(44(72)28(4)5)66-50(78)42(38(55)33-19-14-11-15-20-33)67-54(82)83-26-32-17-12-10-13-18-32/h10-15,17-20,27-31,34-36,38-44,68-70,72H,9,16,21-26,55H2,1-8H3,(H,59,75)(H,60,74)(H,61,79)(H,62,77)(H,63,71)(H,64,73)(H,65,76)(H,66,78)(H,67,82)(H,80,81)(H4,56,57,58)/t29-,30-,31+,34+,35-,36-,38+,39-,40-,41-,42-,43-,44+/m0/s1. The van der Waals surface area contributed by atoms with Gasteiger partial charge in [-0.3, -0.25) is 43.8 Å². The van der Waals surface area contributed by atoms with Gasteiger partial charge in [-0.1, -0.05) is 109 Å². The van der Waals surface area contributed by atoms with Crippen molar-refractivity contribution in [2.75, 3.05) is 19.7 Å². The first kappa shape index (κ1) is 71.1. The summed E-state index contributed by atoms with van der Waals surface area (Å²) < 4.78 is 5.38. The van der Waals surface area contributed by atoms with Crippen LogP contribution in [0.25, 0.3) is 0 Å². The molecule has 0 saturated heterocycles. The minimum atomic E-state index is -1.77. The zero-order chi connectivity index (χ0) is 62.7. The lowest BCUT2D eigenvalue weighted by atomic mass is 9.95. The number of rotatable bonds is 35. The van der Waals surface area contributed by atoms with Crippen LogP contribution in [0.2, 0.25) is 0 Å². The molecule has 83 heavy (non-hydrogen) atoms. The fourth-order valence-corrected chi connectivity index (χ4v) is 8.00. The number of alkyl carbamates (subject to hydrolysis) is 1. The predicted molar refractivity (Wildman–Crippen MR) is 300 cm³/mol. The molecule has 0 radical (unpaired) electrons. The van der Waals surface area contributed by atoms with E-state index in [0.717, 1.165) is 13.8 Å². The van der Waals surface area contributed by atoms with Crippen molar-refractivity contribution >= 4 is 65.3 Å². The molecule has 2 aromatic carbocycles. The van der Waals surface area contributed by atoms with Crippen LogP contribution in [0.4, 0.5) is 4.79 Å². The second-order valence-electron chi connectivity index (χ2n) is 20.8. The van der Waals surface area contributed by atoms with Gasteiger partial charge in [0.25, 0.3) is 0 Å². The van der Waals surface area contributed by atoms with Crippen molar-refractivity contribution in [3.05, 3.63) is 71.8 Å². The molecule has 2 rings (SSSR count). The van der Waals surface area contributed by atoms with Gasteiger partial charge in [0, 0.05) is 6.54 Å². The summed E-state index contributed by atoms with van der Waals surface area (Å²) in [6, 6.07) is 2.82. The first-order valence-corrected chi connectivity index (χ1v) is 27.2. The van der Waals surface area contributed by atoms with Gasteiger partial charge >= 0.3 is 12.1 Å². The molecule has 0 spiro atoms. The normalized spacial score (nSPS) is 15.9. The smallest absolute Gasteiger partial charge is 0.408 e. The van der Waals surface area contributed by atoms with Crippen LogP contribution in [0.3, 0.4) is 0 Å². The maximum atomic E-state index is 14.4. The number of aliphatic hydroxyl groups is 4. The maximum absolute atomic E-state index is 14.4. The molecule has 20 N–H and O–H groups in total. The molecule has 0 aliphatic heterocycles. The lowest BCUT2D eigenvalue weighted by Gasteiger charge is -2.32. The van der Waals surface area contributed by atoms with Crippen LogP contribution in [0.1, 0.15) is 98.2 Å². The van der Waals surface area contributed by atoms with Gasteiger partial charge in [0.2, 0.25) is 47.3 Å². The molecule has 29 nitrogen and oxygen atoms in total. The first-order valence-electron chi connectivity index (χ1n) is 27.2. The number of hydrogen-bond acceptors (Lipinski definition) is 17. The van der Waals surface area contributed by atoms with E-state index in [2.05, 4.69) is 47.9 Å². The van der Waals surface area contributed by atoms with Gasteiger partial charge < -0.3 is 94.9 Å². The Morgan fingerprint density at radius 1 is 0.590 bits per heavy atom. The Hall–Kier alpha value is -7.99. The summed E-state index contributed by atoms with van der Waals surface area (Å²) in [6.07, 6.45) is -5.67. The largest absolute Gasteiger partial charge is 0.480 e. The molecule has 0 saturated carbocycles. The highest BCUT2D eigenvalue weighted by molar-refractivity contribution is 5.98. The lowest BCUT2D eigenvalue weighted by Crippen LogP contribution is -2.63. The van der Waals surface area contributed by atoms with Crippen molar-refractivity contribution in [2.45, 2.75) is 160 Å². The second kappa shape index (κ2) is 35.8. The fraction of sp³-hybridized carbons (Fsp3) is 0.574. The van der Waals surface area contributed by atoms with Crippen LogP contribution < -0.4 is 64.6 Å². The molecule has 0 aliphatic rings. The molecule has 0 heterocycles. The third-order valence-electron chi connectivity index (χ3n) is 13.0. The number of aliphatic carboxylic acids is 1. The van der Waals surface area contributed by atoms with E-state index in [-0.39, 0.29) is 50.7 Å². The highest BCUT2D eigenvalue weighted by atomic mass is 16.5. The summed E-state index contributed by atoms with van der Waals surface area (Å²) in [6.45, 7) is 10.1. The van der Waals surface area contributed by atoms with Crippen LogP contribution in [0, 0.1) is 23.2 Å². The van der Waals surface area contributed by atoms with Crippen molar-refractivity contribution in [3.63, 3.8) is 0 Å². The molecule has 13 atom stereocenters. The number of guanidine groups is 1. The second-order valence-corrected chi connectivity index (χ2v) is 20.8. The third-order valence-corrected chi connectivity index (χ3v) is 13.0. The van der Waals surface area contributed by atoms with Gasteiger partial charge in [-0.05, 0) is 62.0 Å². The fourth-order valence-electron chi connectivity index (χ4n) is 8.00. The zero-order valence-corrected chi connectivity index (χ0v) is 48.0. The molecule has 0 unspecified atom stereocenters. The minimum absolute atomic E-state index is 0.0460. The maximum Gasteiger partial charge on any atom is 0.408 e. The van der Waals surface area contributed by atoms with Crippen molar-refractivity contribution in [2.24, 2.45) is 29.2 Å². The minimum Gasteiger partial charge on any atom is -0.480 e. The van der Waals surface area contributed by atoms with E-state index in [4.69, 9.17) is 26.7 Å². The summed E-state index contributed by atoms with van der Waals surface area (Å²) in [5, 5.41) is 82.3. The number of ether oxygens (including phenoxy) is 1. The Kier molecular flexibility index (Phi) is 30.7. The van der Waals surface area contributed by atoms with E-state index >= 15 is 0 Å². The number of carbonyl (C=O) groups excluding carboxylic acids is 9. The van der Waals surface area contributed by atoms with Gasteiger partial charge in [-0.25, -0.2) is 9.59 Å². The van der Waals surface area contributed by atoms with E-state index in [1.807, 2.05) is 5.32 Å². The SMILES string of the molecule is CC[C@H](C)[C@H](NC(=O)[C@@H](CCCNC(=N)N)NC(=O)[C@H](CC(C)C)NC(=O)[C@@H](NC(=O)[C@@H](NC(=O)OCc1ccccc1)[C@H](N)c1ccccc1)[C@H](O)C(C)C)C(=O)N[C@H](C(=O)NCC(=O)N[C@H](C(=O)N[C@@H](CO)C(=O)O)[C@@H](C)O)[C@H](C)O. The van der Waals surface area contributed by atoms with Crippen LogP contribution in [0.15, 0.2) is 60.7 Å². The number of amides is 9. The Bertz CT molecular complexity index is 2470. The van der Waals surface area contributed by atoms with Gasteiger partial charge in [0.1, 0.15) is 54.9 Å². The Morgan fingerprint density at radius 2 is 1.08 bits per heavy atom. The molecule has 0 aliphatic carbocycles. The molecule has 2 aromatic rings. The van der Waals surface area contributed by atoms with Crippen molar-refractivity contribution in [1.29, 1.82) is 5.41 Å². The van der Waals surface area contributed by atoms with Gasteiger partial charge in [0.05, 0.1) is 37.5 Å². The highest BCUT2D eigenvalue weighted by Crippen LogP contribution is 2.18. The molecule has 462 valence electrons. The molecule has 0 bridgehead atoms. The quantitative estimate of drug-likeness (QED) is 0.0183. The third kappa shape index (κ3) is 24.6. The summed E-state index contributed by atoms with van der Waals surface area (Å²) >= 11 is 0. The number of carbonyl (C=O) groups is 10. The van der Waals surface area contributed by atoms with Crippen molar-refractivity contribution in [1.82, 2.24) is 53.2 Å². The van der Waals surface area contributed by atoms with Crippen molar-refractivity contribution < 1.29 is 78.2 Å². The Morgan fingerprint density at radius 3 is 1.61 bits per heavy atom. The number of hydrogen-bond donors (Lipinski definition) is 18. The van der Waals surface area contributed by atoms with E-state index < -0.39 is 157 Å². The van der Waals surface area contributed by atoms with Gasteiger partial charge in [-0.15, -0.1) is 0 Å². The number of nitrogens with one attached hydrogen (secondary N) is 11. The molecular formula is C54H85N13O16. The summed E-state index contributed by atoms with van der Waals surface area (Å²) in [7, 11) is 0. The average molecular weight is 1170 g/mol. The number of aliphatic hydroxyl groups excluding tert-OH is 4. The average Bonchev–Trinajstić information content (AvgIpc) is 3.52. The van der Waals surface area contributed by atoms with Crippen LogP contribution >= 0.6 is 0 Å². The summed E-state index contributed by atoms with van der Waals surface area (Å²) in [5.41, 5.74) is 13.1. The first-order chi connectivity index (χ1) is 39.0. The Labute approximate surface area is 481 Å². The van der Waals surface area contributed by atoms with E-state index in [9.17, 15) is 68.4 Å². The monoisotopic (exact) mass is 1170 g/mol. The van der Waals surface area contributed by atoms with E-state index in [1.54, 1.807) is 102 Å². The molecular weight excluding hydrogens is 1090 g/mol. The van der Waals surface area contributed by atoms with E-state index in [0.29, 0.717) is 11.1 Å². The summed E-state index contributed by atoms with van der Waals surface area (Å²) in [5.74, 6) is -11.8. The van der Waals surface area contributed by atoms with E-state index in [1.165, 1.54) is 0 Å². The van der Waals surface area contributed by atoms with Crippen LogP contribution in [-0.4, -0.2) is 177 Å². The highest BCUT2D eigenvalue weighted by Gasteiger charge is 2.40. The predicted octanol–water partition coefficient (Wildman–Crippen LogP) is -3.30. The molecule has 9 amide bonds. The number of carboxylic acids is 1. The Balaban J connectivity index is 2.42. The van der Waals surface area contributed by atoms with Gasteiger partial charge in [-0.2, -0.15) is 0 Å². The van der Waals surface area contributed by atoms with Crippen molar-refractivity contribution in [3.8, 4) is 0 Å². The number of nitrogens with two attached hydrogens (primary N) is 2. The van der Waals surface area contributed by atoms with Crippen LogP contribution in [-0.2, 0) is 54.5 Å². The van der Waals surface area contributed by atoms with Crippen LogP contribution in [0.5, 0.6) is 0 Å². The topological polar surface area (TPSA) is 477 Å². The molecule has 0 fully saturated rings. The lowest BCUT2D eigenvalue weighted by molar-refractivity contribution is -0.144. The number of benzene rings is 2. The molecule has 29 heteroatoms. The van der Waals surface area contributed by atoms with Gasteiger partial charge in [0.15, 0.2) is 5.96 Å². The zero-order valence-electron chi connectivity index (χ0n) is 48.0. The molecule has 0 aromatic heterocycles. The number of carboxylic acid groups (broad SMARTS) is 1. The summed E-state index contributed by atoms with van der Waals surface area (Å²) in [4.78, 5) is 135.